The summed E-state index contributed by atoms with van der Waals surface area (Å²) in [5, 5.41) is 3.02. The number of nitrogens with zero attached hydrogens (tertiary/aromatic N) is 3. The van der Waals surface area contributed by atoms with E-state index in [1.807, 2.05) is 47.1 Å². The molecule has 0 saturated heterocycles. The largest absolute Gasteiger partial charge is 0.306 e. The van der Waals surface area contributed by atoms with Crippen molar-refractivity contribution in [1.82, 2.24) is 9.38 Å². The number of nitroso groups, excluding NO2 is 1. The van der Waals surface area contributed by atoms with E-state index < -0.39 is 0 Å². The molecule has 82 valence electrons. The van der Waals surface area contributed by atoms with Crippen molar-refractivity contribution in [2.24, 2.45) is 5.18 Å². The van der Waals surface area contributed by atoms with Crippen LogP contribution in [0.15, 0.2) is 60.0 Å². The van der Waals surface area contributed by atoms with Gasteiger partial charge in [-0.05, 0) is 23.4 Å². The van der Waals surface area contributed by atoms with Crippen molar-refractivity contribution in [1.29, 1.82) is 0 Å². The summed E-state index contributed by atoms with van der Waals surface area (Å²) in [5.41, 5.74) is 2.77. The average molecular weight is 223 g/mol. The van der Waals surface area contributed by atoms with Gasteiger partial charge in [0.1, 0.15) is 11.3 Å². The molecule has 0 bridgehead atoms. The van der Waals surface area contributed by atoms with Gasteiger partial charge in [0.25, 0.3) is 0 Å². The van der Waals surface area contributed by atoms with Crippen LogP contribution >= 0.6 is 0 Å². The molecule has 4 nitrogen and oxygen atoms in total. The summed E-state index contributed by atoms with van der Waals surface area (Å²) < 4.78 is 1.91. The summed E-state index contributed by atoms with van der Waals surface area (Å²) in [4.78, 5) is 15.2. The Balaban J connectivity index is 2.23. The van der Waals surface area contributed by atoms with Gasteiger partial charge in [0.2, 0.25) is 0 Å². The van der Waals surface area contributed by atoms with Crippen molar-refractivity contribution in [2.45, 2.75) is 0 Å². The minimum absolute atomic E-state index is 0.413. The maximum atomic E-state index is 10.7. The van der Waals surface area contributed by atoms with Crippen LogP contribution in [0.5, 0.6) is 0 Å². The summed E-state index contributed by atoms with van der Waals surface area (Å²) in [6, 6.07) is 13.0. The van der Waals surface area contributed by atoms with Gasteiger partial charge in [0.15, 0.2) is 0 Å². The van der Waals surface area contributed by atoms with E-state index in [-0.39, 0.29) is 0 Å². The lowest BCUT2D eigenvalue weighted by atomic mass is 10.1. The standard InChI is InChI=1S/C13H9N3O/c17-15-11-6-2-1-5-10(11)12-9-16-8-4-3-7-13(16)14-12/h1-9H. The molecule has 0 aliphatic carbocycles. The maximum Gasteiger partial charge on any atom is 0.137 e. The number of benzene rings is 1. The molecular weight excluding hydrogens is 214 g/mol. The van der Waals surface area contributed by atoms with Crippen LogP contribution in [0.4, 0.5) is 5.69 Å². The fourth-order valence-electron chi connectivity index (χ4n) is 1.83. The smallest absolute Gasteiger partial charge is 0.137 e. The molecule has 2 heterocycles. The van der Waals surface area contributed by atoms with E-state index in [1.165, 1.54) is 0 Å². The fraction of sp³-hybridized carbons (Fsp3) is 0. The first-order valence-corrected chi connectivity index (χ1v) is 5.25. The van der Waals surface area contributed by atoms with Crippen LogP contribution in [0.3, 0.4) is 0 Å². The lowest BCUT2D eigenvalue weighted by Gasteiger charge is -1.97. The summed E-state index contributed by atoms with van der Waals surface area (Å²) in [5.74, 6) is 0. The second-order valence-electron chi connectivity index (χ2n) is 3.70. The molecule has 0 aliphatic heterocycles. The highest BCUT2D eigenvalue weighted by molar-refractivity contribution is 5.74. The van der Waals surface area contributed by atoms with Gasteiger partial charge < -0.3 is 4.40 Å². The minimum Gasteiger partial charge on any atom is -0.306 e. The molecule has 0 fully saturated rings. The normalized spacial score (nSPS) is 10.6. The molecule has 4 heteroatoms. The summed E-state index contributed by atoms with van der Waals surface area (Å²) in [7, 11) is 0. The minimum atomic E-state index is 0.413. The molecule has 0 aliphatic rings. The van der Waals surface area contributed by atoms with Crippen molar-refractivity contribution < 1.29 is 0 Å². The van der Waals surface area contributed by atoms with Gasteiger partial charge in [-0.25, -0.2) is 4.98 Å². The lowest BCUT2D eigenvalue weighted by molar-refractivity contribution is 1.19. The quantitative estimate of drug-likeness (QED) is 0.625. The van der Waals surface area contributed by atoms with Crippen LogP contribution in [0.25, 0.3) is 16.9 Å². The van der Waals surface area contributed by atoms with Gasteiger partial charge in [-0.3, -0.25) is 0 Å². The summed E-state index contributed by atoms with van der Waals surface area (Å²) >= 11 is 0. The average Bonchev–Trinajstić information content (AvgIpc) is 2.82. The van der Waals surface area contributed by atoms with Crippen molar-refractivity contribution in [2.75, 3.05) is 0 Å². The Morgan fingerprint density at radius 1 is 1.06 bits per heavy atom. The summed E-state index contributed by atoms with van der Waals surface area (Å²) in [6.07, 6.45) is 3.81. The van der Waals surface area contributed by atoms with Crippen LogP contribution in [0.2, 0.25) is 0 Å². The highest BCUT2D eigenvalue weighted by Crippen LogP contribution is 2.29. The lowest BCUT2D eigenvalue weighted by Crippen LogP contribution is -1.77. The third kappa shape index (κ3) is 1.59. The second-order valence-corrected chi connectivity index (χ2v) is 3.70. The predicted octanol–water partition coefficient (Wildman–Crippen LogP) is 3.40. The number of pyridine rings is 1. The highest BCUT2D eigenvalue weighted by atomic mass is 16.3. The summed E-state index contributed by atoms with van der Waals surface area (Å²) in [6.45, 7) is 0. The Kier molecular flexibility index (Phi) is 2.19. The molecule has 2 aromatic heterocycles. The zero-order valence-corrected chi connectivity index (χ0v) is 8.95. The van der Waals surface area contributed by atoms with Crippen LogP contribution in [0, 0.1) is 4.91 Å². The number of hydrogen-bond donors (Lipinski definition) is 0. The van der Waals surface area contributed by atoms with Crippen LogP contribution in [-0.4, -0.2) is 9.38 Å². The highest BCUT2D eigenvalue weighted by Gasteiger charge is 2.08. The number of fused-ring (bicyclic) bond motifs is 1. The van der Waals surface area contributed by atoms with Gasteiger partial charge in [-0.15, -0.1) is 4.91 Å². The van der Waals surface area contributed by atoms with Crippen molar-refractivity contribution in [3.05, 3.63) is 59.8 Å². The Labute approximate surface area is 97.5 Å². The molecule has 0 unspecified atom stereocenters. The first-order valence-electron chi connectivity index (χ1n) is 5.25. The van der Waals surface area contributed by atoms with Gasteiger partial charge in [-0.2, -0.15) is 0 Å². The molecule has 0 saturated carbocycles. The van der Waals surface area contributed by atoms with Crippen molar-refractivity contribution >= 4 is 11.3 Å². The van der Waals surface area contributed by atoms with E-state index >= 15 is 0 Å². The van der Waals surface area contributed by atoms with E-state index in [9.17, 15) is 4.91 Å². The Bertz CT molecular complexity index is 655. The van der Waals surface area contributed by atoms with Gasteiger partial charge in [0, 0.05) is 18.0 Å². The Morgan fingerprint density at radius 2 is 1.88 bits per heavy atom. The third-order valence-corrected chi connectivity index (χ3v) is 2.64. The van der Waals surface area contributed by atoms with E-state index in [1.54, 1.807) is 12.1 Å². The molecule has 17 heavy (non-hydrogen) atoms. The van der Waals surface area contributed by atoms with Gasteiger partial charge in [0.05, 0.1) is 5.69 Å². The molecule has 0 amide bonds. The van der Waals surface area contributed by atoms with Gasteiger partial charge >= 0.3 is 0 Å². The van der Waals surface area contributed by atoms with E-state index in [4.69, 9.17) is 0 Å². The fourth-order valence-corrected chi connectivity index (χ4v) is 1.83. The zero-order chi connectivity index (χ0) is 11.7. The molecule has 0 N–H and O–H groups in total. The first-order chi connectivity index (χ1) is 8.38. The molecule has 0 atom stereocenters. The van der Waals surface area contributed by atoms with Crippen LogP contribution in [0.1, 0.15) is 0 Å². The predicted molar refractivity (Wildman–Crippen MR) is 66.1 cm³/mol. The van der Waals surface area contributed by atoms with Crippen molar-refractivity contribution in [3.8, 4) is 11.3 Å². The number of aromatic nitrogens is 2. The first kappa shape index (κ1) is 9.72. The Hall–Kier alpha value is -2.49. The topological polar surface area (TPSA) is 46.7 Å². The molecule has 0 spiro atoms. The van der Waals surface area contributed by atoms with Gasteiger partial charge in [-0.1, -0.05) is 24.3 Å². The van der Waals surface area contributed by atoms with Crippen LogP contribution < -0.4 is 0 Å². The Morgan fingerprint density at radius 3 is 2.71 bits per heavy atom. The molecule has 1 aromatic carbocycles. The number of hydrogen-bond acceptors (Lipinski definition) is 3. The maximum absolute atomic E-state index is 10.7. The van der Waals surface area contributed by atoms with E-state index in [0.717, 1.165) is 16.9 Å². The van der Waals surface area contributed by atoms with Crippen LogP contribution in [-0.2, 0) is 0 Å². The number of rotatable bonds is 2. The number of imidazole rings is 1. The molecular formula is C13H9N3O. The van der Waals surface area contributed by atoms with E-state index in [0.29, 0.717) is 5.69 Å². The third-order valence-electron chi connectivity index (χ3n) is 2.64. The van der Waals surface area contributed by atoms with Crippen molar-refractivity contribution in [3.63, 3.8) is 0 Å². The molecule has 3 rings (SSSR count). The van der Waals surface area contributed by atoms with E-state index in [2.05, 4.69) is 10.2 Å². The second kappa shape index (κ2) is 3.83. The molecule has 3 aromatic rings. The monoisotopic (exact) mass is 223 g/mol. The SMILES string of the molecule is O=Nc1ccccc1-c1cn2ccccc2n1. The zero-order valence-electron chi connectivity index (χ0n) is 8.95. The molecule has 0 radical (unpaired) electrons.